The van der Waals surface area contributed by atoms with Crippen LogP contribution in [0.2, 0.25) is 0 Å². The molecule has 2 aromatic rings. The molecule has 190 valence electrons. The fraction of sp³-hybridized carbons (Fsp3) is 0.435. The molecule has 35 heavy (non-hydrogen) atoms. The summed E-state index contributed by atoms with van der Waals surface area (Å²) in [6, 6.07) is 3.63. The van der Waals surface area contributed by atoms with Gasteiger partial charge in [0, 0.05) is 23.5 Å². The van der Waals surface area contributed by atoms with E-state index in [-0.39, 0.29) is 18.9 Å². The lowest BCUT2D eigenvalue weighted by molar-refractivity contribution is -0.143. The van der Waals surface area contributed by atoms with Gasteiger partial charge in [0.15, 0.2) is 0 Å². The summed E-state index contributed by atoms with van der Waals surface area (Å²) in [5, 5.41) is 17.6. The Hall–Kier alpha value is -3.93. The normalized spacial score (nSPS) is 13.6. The summed E-state index contributed by atoms with van der Waals surface area (Å²) in [5.41, 5.74) is 12.0. The number of carbonyl (C=O) groups is 5. The topological polar surface area (TPSA) is 209 Å². The Morgan fingerprint density at radius 1 is 0.971 bits per heavy atom. The van der Waals surface area contributed by atoms with E-state index in [4.69, 9.17) is 11.5 Å². The summed E-state index contributed by atoms with van der Waals surface area (Å²) >= 11 is 0. The largest absolute Gasteiger partial charge is 0.480 e. The average Bonchev–Trinajstić information content (AvgIpc) is 3.19. The lowest BCUT2D eigenvalue weighted by Crippen LogP contribution is -2.57. The molecule has 0 bridgehead atoms. The molecule has 0 fully saturated rings. The predicted octanol–water partition coefficient (Wildman–Crippen LogP) is -0.870. The van der Waals surface area contributed by atoms with Gasteiger partial charge >= 0.3 is 5.97 Å². The number of carboxylic acids is 1. The first kappa shape index (κ1) is 27.3. The van der Waals surface area contributed by atoms with Gasteiger partial charge in [-0.1, -0.05) is 32.0 Å². The zero-order valence-electron chi connectivity index (χ0n) is 19.7. The number of fused-ring (bicyclic) bond motifs is 1. The van der Waals surface area contributed by atoms with Crippen LogP contribution in [0.5, 0.6) is 0 Å². The van der Waals surface area contributed by atoms with E-state index in [1.165, 1.54) is 0 Å². The molecule has 0 saturated heterocycles. The van der Waals surface area contributed by atoms with Crippen LogP contribution < -0.4 is 27.4 Å². The van der Waals surface area contributed by atoms with Gasteiger partial charge in [0.2, 0.25) is 23.6 Å². The lowest BCUT2D eigenvalue weighted by atomic mass is 10.0. The number of aliphatic carboxylic acids is 1. The Morgan fingerprint density at radius 3 is 2.20 bits per heavy atom. The Balaban J connectivity index is 2.32. The molecule has 4 amide bonds. The van der Waals surface area contributed by atoms with E-state index in [1.54, 1.807) is 6.20 Å². The van der Waals surface area contributed by atoms with E-state index in [1.807, 2.05) is 38.1 Å². The van der Waals surface area contributed by atoms with Crippen LogP contribution in [0.25, 0.3) is 10.9 Å². The van der Waals surface area contributed by atoms with Crippen LogP contribution in [0.1, 0.15) is 32.3 Å². The number of rotatable bonds is 13. The first-order valence-electron chi connectivity index (χ1n) is 11.2. The molecule has 1 aromatic carbocycles. The third kappa shape index (κ3) is 8.10. The highest BCUT2D eigenvalue weighted by molar-refractivity contribution is 5.95. The van der Waals surface area contributed by atoms with Gasteiger partial charge in [0.1, 0.15) is 18.1 Å². The maximum absolute atomic E-state index is 13.1. The Morgan fingerprint density at radius 2 is 1.60 bits per heavy atom. The fourth-order valence-corrected chi connectivity index (χ4v) is 3.63. The molecular formula is C23H32N6O6. The van der Waals surface area contributed by atoms with E-state index in [9.17, 15) is 29.1 Å². The molecule has 0 radical (unpaired) electrons. The van der Waals surface area contributed by atoms with E-state index in [0.717, 1.165) is 10.9 Å². The van der Waals surface area contributed by atoms with Gasteiger partial charge in [0.05, 0.1) is 13.0 Å². The number of hydrogen-bond donors (Lipinski definition) is 7. The highest BCUT2D eigenvalue weighted by Crippen LogP contribution is 2.19. The smallest absolute Gasteiger partial charge is 0.326 e. The standard InChI is InChI=1S/C23H32N6O6/c1-12(2)7-16(27-20(31)10-24)21(32)28-17(22(33)29-18(23(34)35)9-19(25)30)8-13-11-26-15-6-4-3-5-14(13)15/h3-6,11-12,16-18,26H,7-10,24H2,1-2H3,(H2,25,30)(H,27,31)(H,28,32)(H,29,33)(H,34,35). The third-order valence-electron chi connectivity index (χ3n) is 5.30. The minimum atomic E-state index is -1.56. The van der Waals surface area contributed by atoms with Gasteiger partial charge in [-0.2, -0.15) is 0 Å². The van der Waals surface area contributed by atoms with Crippen molar-refractivity contribution in [3.8, 4) is 0 Å². The molecular weight excluding hydrogens is 456 g/mol. The first-order valence-corrected chi connectivity index (χ1v) is 11.2. The molecule has 2 rings (SSSR count). The van der Waals surface area contributed by atoms with Crippen LogP contribution in [-0.4, -0.2) is 64.4 Å². The molecule has 1 aromatic heterocycles. The van der Waals surface area contributed by atoms with Crippen LogP contribution in [0, 0.1) is 5.92 Å². The summed E-state index contributed by atoms with van der Waals surface area (Å²) in [5.74, 6) is -4.28. The van der Waals surface area contributed by atoms with Crippen LogP contribution in [0.3, 0.4) is 0 Å². The number of aromatic amines is 1. The molecule has 0 aliphatic rings. The van der Waals surface area contributed by atoms with Crippen molar-refractivity contribution in [3.05, 3.63) is 36.0 Å². The molecule has 1 heterocycles. The van der Waals surface area contributed by atoms with Crippen molar-refractivity contribution in [2.75, 3.05) is 6.54 Å². The van der Waals surface area contributed by atoms with Gasteiger partial charge in [0.25, 0.3) is 0 Å². The summed E-state index contributed by atoms with van der Waals surface area (Å²) in [4.78, 5) is 63.9. The van der Waals surface area contributed by atoms with Crippen molar-refractivity contribution in [3.63, 3.8) is 0 Å². The maximum Gasteiger partial charge on any atom is 0.326 e. The van der Waals surface area contributed by atoms with Gasteiger partial charge in [-0.15, -0.1) is 0 Å². The monoisotopic (exact) mass is 488 g/mol. The summed E-state index contributed by atoms with van der Waals surface area (Å²) in [6.45, 7) is 3.42. The highest BCUT2D eigenvalue weighted by atomic mass is 16.4. The number of benzene rings is 1. The number of amides is 4. The van der Waals surface area contributed by atoms with Crippen LogP contribution in [0.4, 0.5) is 0 Å². The molecule has 9 N–H and O–H groups in total. The Kier molecular flexibility index (Phi) is 9.76. The summed E-state index contributed by atoms with van der Waals surface area (Å²) in [7, 11) is 0. The second-order valence-electron chi connectivity index (χ2n) is 8.65. The zero-order valence-corrected chi connectivity index (χ0v) is 19.7. The van der Waals surface area contributed by atoms with Crippen molar-refractivity contribution < 1.29 is 29.1 Å². The van der Waals surface area contributed by atoms with E-state index in [0.29, 0.717) is 12.0 Å². The van der Waals surface area contributed by atoms with Crippen LogP contribution in [-0.2, 0) is 30.4 Å². The van der Waals surface area contributed by atoms with Crippen molar-refractivity contribution in [1.29, 1.82) is 0 Å². The lowest BCUT2D eigenvalue weighted by Gasteiger charge is -2.25. The number of para-hydroxylation sites is 1. The molecule has 12 heteroatoms. The molecule has 0 aliphatic heterocycles. The van der Waals surface area contributed by atoms with E-state index >= 15 is 0 Å². The quantitative estimate of drug-likeness (QED) is 0.189. The second kappa shape index (κ2) is 12.5. The first-order chi connectivity index (χ1) is 16.5. The predicted molar refractivity (Wildman–Crippen MR) is 128 cm³/mol. The van der Waals surface area contributed by atoms with Gasteiger partial charge < -0.3 is 37.5 Å². The van der Waals surface area contributed by atoms with Gasteiger partial charge in [-0.05, 0) is 24.0 Å². The molecule has 0 aliphatic carbocycles. The maximum atomic E-state index is 13.1. The zero-order chi connectivity index (χ0) is 26.1. The van der Waals surface area contributed by atoms with Crippen LogP contribution >= 0.6 is 0 Å². The number of carboxylic acid groups (broad SMARTS) is 1. The molecule has 3 atom stereocenters. The highest BCUT2D eigenvalue weighted by Gasteiger charge is 2.31. The summed E-state index contributed by atoms with van der Waals surface area (Å²) in [6.07, 6.45) is 1.39. The van der Waals surface area contributed by atoms with Crippen molar-refractivity contribution in [2.24, 2.45) is 17.4 Å². The minimum Gasteiger partial charge on any atom is -0.480 e. The van der Waals surface area contributed by atoms with Gasteiger partial charge in [-0.3, -0.25) is 19.2 Å². The number of nitrogens with one attached hydrogen (secondary N) is 4. The second-order valence-corrected chi connectivity index (χ2v) is 8.65. The number of H-pyrrole nitrogens is 1. The third-order valence-corrected chi connectivity index (χ3v) is 5.30. The molecule has 3 unspecified atom stereocenters. The van der Waals surface area contributed by atoms with Crippen molar-refractivity contribution >= 4 is 40.5 Å². The molecule has 0 spiro atoms. The van der Waals surface area contributed by atoms with E-state index < -0.39 is 54.1 Å². The fourth-order valence-electron chi connectivity index (χ4n) is 3.63. The van der Waals surface area contributed by atoms with Crippen molar-refractivity contribution in [2.45, 2.75) is 51.2 Å². The molecule has 0 saturated carbocycles. The average molecular weight is 489 g/mol. The Bertz CT molecular complexity index is 1080. The number of nitrogens with two attached hydrogens (primary N) is 2. The number of hydrogen-bond acceptors (Lipinski definition) is 6. The molecule has 12 nitrogen and oxygen atoms in total. The Labute approximate surface area is 202 Å². The SMILES string of the molecule is CC(C)CC(NC(=O)CN)C(=O)NC(Cc1c[nH]c2ccccc12)C(=O)NC(CC(N)=O)C(=O)O. The van der Waals surface area contributed by atoms with Gasteiger partial charge in [-0.25, -0.2) is 4.79 Å². The number of aromatic nitrogens is 1. The van der Waals surface area contributed by atoms with E-state index in [2.05, 4.69) is 20.9 Å². The number of primary amides is 1. The summed E-state index contributed by atoms with van der Waals surface area (Å²) < 4.78 is 0. The van der Waals surface area contributed by atoms with Crippen molar-refractivity contribution in [1.82, 2.24) is 20.9 Å². The number of carbonyl (C=O) groups excluding carboxylic acids is 4. The van der Waals surface area contributed by atoms with Crippen LogP contribution in [0.15, 0.2) is 30.5 Å². The minimum absolute atomic E-state index is 0.0176.